The Balaban J connectivity index is 1.91. The Morgan fingerprint density at radius 2 is 2.05 bits per heavy atom. The van der Waals surface area contributed by atoms with Gasteiger partial charge in [0.25, 0.3) is 0 Å². The number of hydrogen-bond donors (Lipinski definition) is 1. The molecule has 1 aliphatic rings. The van der Waals surface area contributed by atoms with E-state index in [1.165, 1.54) is 17.4 Å². The van der Waals surface area contributed by atoms with Gasteiger partial charge in [0.05, 0.1) is 6.04 Å². The standard InChI is InChI=1S/C17H23NO/c1-5-12-13-8-6-7-9-14(13)19-16(12)11(2)18-15-10-17(15,3)4/h6-9,11,15,18H,5,10H2,1-4H3. The molecular weight excluding hydrogens is 234 g/mol. The predicted molar refractivity (Wildman–Crippen MR) is 79.3 cm³/mol. The first kappa shape index (κ1) is 12.7. The smallest absolute Gasteiger partial charge is 0.134 e. The number of benzene rings is 1. The average Bonchev–Trinajstić information content (AvgIpc) is 2.85. The summed E-state index contributed by atoms with van der Waals surface area (Å²) in [5.41, 5.74) is 2.82. The lowest BCUT2D eigenvalue weighted by atomic mass is 10.0. The zero-order chi connectivity index (χ0) is 13.6. The molecule has 0 spiro atoms. The Kier molecular flexibility index (Phi) is 2.94. The Labute approximate surface area is 115 Å². The summed E-state index contributed by atoms with van der Waals surface area (Å²) < 4.78 is 6.09. The lowest BCUT2D eigenvalue weighted by Crippen LogP contribution is -2.24. The van der Waals surface area contributed by atoms with Crippen LogP contribution in [-0.2, 0) is 6.42 Å². The van der Waals surface area contributed by atoms with Gasteiger partial charge in [-0.1, -0.05) is 39.0 Å². The number of hydrogen-bond acceptors (Lipinski definition) is 2. The third-order valence-electron chi connectivity index (χ3n) is 4.44. The van der Waals surface area contributed by atoms with Crippen LogP contribution in [0.5, 0.6) is 0 Å². The molecule has 1 saturated carbocycles. The number of nitrogens with one attached hydrogen (secondary N) is 1. The topological polar surface area (TPSA) is 25.2 Å². The number of rotatable bonds is 4. The van der Waals surface area contributed by atoms with Crippen molar-refractivity contribution in [2.24, 2.45) is 5.41 Å². The van der Waals surface area contributed by atoms with Gasteiger partial charge in [-0.15, -0.1) is 0 Å². The van der Waals surface area contributed by atoms with E-state index in [0.29, 0.717) is 11.5 Å². The van der Waals surface area contributed by atoms with Crippen molar-refractivity contribution < 1.29 is 4.42 Å². The van der Waals surface area contributed by atoms with Crippen molar-refractivity contribution >= 4 is 11.0 Å². The van der Waals surface area contributed by atoms with Crippen LogP contribution in [0.25, 0.3) is 11.0 Å². The molecule has 1 fully saturated rings. The maximum atomic E-state index is 6.09. The first-order chi connectivity index (χ1) is 9.03. The molecule has 1 heterocycles. The Hall–Kier alpha value is -1.28. The molecule has 0 aliphatic heterocycles. The summed E-state index contributed by atoms with van der Waals surface area (Å²) in [7, 11) is 0. The molecule has 3 rings (SSSR count). The van der Waals surface area contributed by atoms with Gasteiger partial charge in [0.15, 0.2) is 0 Å². The number of furan rings is 1. The first-order valence-electron chi connectivity index (χ1n) is 7.29. The molecule has 102 valence electrons. The Bertz CT molecular complexity index is 596. The zero-order valence-electron chi connectivity index (χ0n) is 12.3. The monoisotopic (exact) mass is 257 g/mol. The molecule has 1 aromatic carbocycles. The molecule has 2 atom stereocenters. The summed E-state index contributed by atoms with van der Waals surface area (Å²) in [6.45, 7) is 9.05. The molecule has 0 radical (unpaired) electrons. The number of fused-ring (bicyclic) bond motifs is 1. The molecule has 0 amide bonds. The Morgan fingerprint density at radius 3 is 2.68 bits per heavy atom. The summed E-state index contributed by atoms with van der Waals surface area (Å²) in [4.78, 5) is 0. The minimum Gasteiger partial charge on any atom is -0.459 e. The maximum absolute atomic E-state index is 6.09. The normalized spacial score (nSPS) is 22.6. The van der Waals surface area contributed by atoms with Crippen LogP contribution in [0, 0.1) is 5.41 Å². The van der Waals surface area contributed by atoms with Crippen molar-refractivity contribution in [1.82, 2.24) is 5.32 Å². The van der Waals surface area contributed by atoms with Crippen LogP contribution in [0.15, 0.2) is 28.7 Å². The third kappa shape index (κ3) is 2.18. The van der Waals surface area contributed by atoms with Crippen molar-refractivity contribution in [2.75, 3.05) is 0 Å². The summed E-state index contributed by atoms with van der Waals surface area (Å²) in [5.74, 6) is 1.12. The minimum atomic E-state index is 0.286. The van der Waals surface area contributed by atoms with Crippen LogP contribution in [-0.4, -0.2) is 6.04 Å². The lowest BCUT2D eigenvalue weighted by Gasteiger charge is -2.14. The van der Waals surface area contributed by atoms with Gasteiger partial charge in [-0.2, -0.15) is 0 Å². The van der Waals surface area contributed by atoms with E-state index in [9.17, 15) is 0 Å². The molecule has 2 aromatic rings. The molecule has 2 unspecified atom stereocenters. The summed E-state index contributed by atoms with van der Waals surface area (Å²) >= 11 is 0. The highest BCUT2D eigenvalue weighted by atomic mass is 16.3. The summed E-state index contributed by atoms with van der Waals surface area (Å²) in [6.07, 6.45) is 2.28. The second kappa shape index (κ2) is 4.38. The summed E-state index contributed by atoms with van der Waals surface area (Å²) in [5, 5.41) is 4.97. The molecule has 19 heavy (non-hydrogen) atoms. The molecule has 2 nitrogen and oxygen atoms in total. The fourth-order valence-electron chi connectivity index (χ4n) is 2.96. The third-order valence-corrected chi connectivity index (χ3v) is 4.44. The van der Waals surface area contributed by atoms with E-state index in [4.69, 9.17) is 4.42 Å². The van der Waals surface area contributed by atoms with Gasteiger partial charge in [-0.05, 0) is 31.2 Å². The highest BCUT2D eigenvalue weighted by molar-refractivity contribution is 5.82. The second-order valence-corrected chi connectivity index (χ2v) is 6.43. The maximum Gasteiger partial charge on any atom is 0.134 e. The lowest BCUT2D eigenvalue weighted by molar-refractivity contribution is 0.420. The molecule has 2 heteroatoms. The van der Waals surface area contributed by atoms with Crippen LogP contribution in [0.1, 0.15) is 51.5 Å². The minimum absolute atomic E-state index is 0.286. The van der Waals surface area contributed by atoms with Crippen LogP contribution in [0.2, 0.25) is 0 Å². The average molecular weight is 257 g/mol. The van der Waals surface area contributed by atoms with Gasteiger partial charge in [0.2, 0.25) is 0 Å². The van der Waals surface area contributed by atoms with Crippen LogP contribution in [0.3, 0.4) is 0 Å². The molecule has 1 aliphatic carbocycles. The largest absolute Gasteiger partial charge is 0.459 e. The van der Waals surface area contributed by atoms with E-state index in [0.717, 1.165) is 17.8 Å². The quantitative estimate of drug-likeness (QED) is 0.875. The predicted octanol–water partition coefficient (Wildman–Crippen LogP) is 4.44. The fraction of sp³-hybridized carbons (Fsp3) is 0.529. The van der Waals surface area contributed by atoms with E-state index in [1.807, 2.05) is 6.07 Å². The van der Waals surface area contributed by atoms with Gasteiger partial charge >= 0.3 is 0 Å². The van der Waals surface area contributed by atoms with Crippen molar-refractivity contribution in [1.29, 1.82) is 0 Å². The van der Waals surface area contributed by atoms with E-state index in [1.54, 1.807) is 0 Å². The molecular formula is C17H23NO. The molecule has 1 N–H and O–H groups in total. The van der Waals surface area contributed by atoms with Crippen molar-refractivity contribution in [3.8, 4) is 0 Å². The van der Waals surface area contributed by atoms with Gasteiger partial charge in [-0.25, -0.2) is 0 Å². The van der Waals surface area contributed by atoms with Gasteiger partial charge in [0, 0.05) is 17.0 Å². The zero-order valence-corrected chi connectivity index (χ0v) is 12.3. The van der Waals surface area contributed by atoms with Crippen molar-refractivity contribution in [2.45, 2.75) is 52.6 Å². The number of aryl methyl sites for hydroxylation is 1. The molecule has 1 aromatic heterocycles. The number of para-hydroxylation sites is 1. The van der Waals surface area contributed by atoms with E-state index in [-0.39, 0.29) is 6.04 Å². The van der Waals surface area contributed by atoms with Crippen LogP contribution >= 0.6 is 0 Å². The van der Waals surface area contributed by atoms with Crippen molar-refractivity contribution in [3.63, 3.8) is 0 Å². The molecule has 0 saturated heterocycles. The van der Waals surface area contributed by atoms with Crippen LogP contribution < -0.4 is 5.32 Å². The van der Waals surface area contributed by atoms with Gasteiger partial charge in [-0.3, -0.25) is 0 Å². The van der Waals surface area contributed by atoms with Crippen LogP contribution in [0.4, 0.5) is 0 Å². The van der Waals surface area contributed by atoms with E-state index < -0.39 is 0 Å². The molecule has 0 bridgehead atoms. The SMILES string of the molecule is CCc1c(C(C)NC2CC2(C)C)oc2ccccc12. The van der Waals surface area contributed by atoms with Crippen molar-refractivity contribution in [3.05, 3.63) is 35.6 Å². The highest BCUT2D eigenvalue weighted by Crippen LogP contribution is 2.46. The highest BCUT2D eigenvalue weighted by Gasteiger charge is 2.46. The van der Waals surface area contributed by atoms with Gasteiger partial charge < -0.3 is 9.73 Å². The fourth-order valence-corrected chi connectivity index (χ4v) is 2.96. The van der Waals surface area contributed by atoms with E-state index in [2.05, 4.69) is 51.2 Å². The second-order valence-electron chi connectivity index (χ2n) is 6.43. The summed E-state index contributed by atoms with van der Waals surface area (Å²) in [6, 6.07) is 9.26. The van der Waals surface area contributed by atoms with E-state index >= 15 is 0 Å². The first-order valence-corrected chi connectivity index (χ1v) is 7.29. The Morgan fingerprint density at radius 1 is 1.37 bits per heavy atom. The van der Waals surface area contributed by atoms with Gasteiger partial charge in [0.1, 0.15) is 11.3 Å².